The summed E-state index contributed by atoms with van der Waals surface area (Å²) in [7, 11) is -3.78. The number of aryl methyl sites for hydroxylation is 2. The van der Waals surface area contributed by atoms with E-state index in [1.165, 1.54) is 29.1 Å². The number of amides is 1. The molecule has 31 heavy (non-hydrogen) atoms. The number of rotatable bonds is 7. The predicted molar refractivity (Wildman–Crippen MR) is 117 cm³/mol. The van der Waals surface area contributed by atoms with E-state index < -0.39 is 27.0 Å². The van der Waals surface area contributed by atoms with E-state index in [0.717, 1.165) is 10.1 Å². The van der Waals surface area contributed by atoms with Gasteiger partial charge in [0, 0.05) is 18.9 Å². The molecule has 0 aliphatic heterocycles. The van der Waals surface area contributed by atoms with Crippen molar-refractivity contribution in [3.63, 3.8) is 0 Å². The monoisotopic (exact) mass is 462 g/mol. The third-order valence-electron chi connectivity index (χ3n) is 4.49. The quantitative estimate of drug-likeness (QED) is 0.509. The van der Waals surface area contributed by atoms with E-state index in [9.17, 15) is 22.8 Å². The molecular formula is C20H19ClN4O5S. The zero-order valence-corrected chi connectivity index (χ0v) is 17.8. The lowest BCUT2D eigenvalue weighted by molar-refractivity contribution is -0.116. The summed E-state index contributed by atoms with van der Waals surface area (Å²) in [5, 5.41) is 8.01. The van der Waals surface area contributed by atoms with E-state index in [-0.39, 0.29) is 18.0 Å². The Kier molecular flexibility index (Phi) is 6.74. The molecule has 2 aromatic carbocycles. The Balaban J connectivity index is 1.67. The Morgan fingerprint density at radius 1 is 0.968 bits per heavy atom. The summed E-state index contributed by atoms with van der Waals surface area (Å²) in [6, 6.07) is 12.6. The minimum atomic E-state index is -3.78. The highest BCUT2D eigenvalue weighted by atomic mass is 35.5. The van der Waals surface area contributed by atoms with E-state index in [4.69, 9.17) is 16.7 Å². The molecule has 0 saturated carbocycles. The molecule has 9 nitrogen and oxygen atoms in total. The van der Waals surface area contributed by atoms with Crippen molar-refractivity contribution in [3.8, 4) is 0 Å². The van der Waals surface area contributed by atoms with Crippen molar-refractivity contribution in [2.75, 3.05) is 5.32 Å². The lowest BCUT2D eigenvalue weighted by Crippen LogP contribution is -2.42. The molecule has 0 spiro atoms. The van der Waals surface area contributed by atoms with Crippen LogP contribution in [0.5, 0.6) is 0 Å². The van der Waals surface area contributed by atoms with Gasteiger partial charge >= 0.3 is 11.1 Å². The lowest BCUT2D eigenvalue weighted by atomic mass is 10.1. The highest BCUT2D eigenvalue weighted by Gasteiger charge is 2.11. The molecule has 3 N–H and O–H groups in total. The van der Waals surface area contributed by atoms with Gasteiger partial charge in [0.1, 0.15) is 6.54 Å². The maximum absolute atomic E-state index is 12.4. The van der Waals surface area contributed by atoms with Crippen molar-refractivity contribution in [2.24, 2.45) is 5.14 Å². The largest absolute Gasteiger partial charge is 0.323 e. The van der Waals surface area contributed by atoms with Gasteiger partial charge in [0.2, 0.25) is 15.9 Å². The van der Waals surface area contributed by atoms with Crippen LogP contribution < -0.4 is 21.6 Å². The first-order valence-corrected chi connectivity index (χ1v) is 11.0. The Bertz CT molecular complexity index is 1330. The average Bonchev–Trinajstić information content (AvgIpc) is 2.72. The summed E-state index contributed by atoms with van der Waals surface area (Å²) in [4.78, 5) is 36.9. The first kappa shape index (κ1) is 22.5. The van der Waals surface area contributed by atoms with Gasteiger partial charge in [-0.05, 0) is 36.2 Å². The van der Waals surface area contributed by atoms with Crippen LogP contribution in [-0.4, -0.2) is 23.5 Å². The molecule has 0 saturated heterocycles. The minimum absolute atomic E-state index is 0.00826. The van der Waals surface area contributed by atoms with Crippen molar-refractivity contribution >= 4 is 33.2 Å². The van der Waals surface area contributed by atoms with E-state index in [1.807, 2.05) is 0 Å². The number of primary sulfonamides is 1. The van der Waals surface area contributed by atoms with Crippen LogP contribution in [0, 0.1) is 0 Å². The summed E-state index contributed by atoms with van der Waals surface area (Å²) >= 11 is 5.99. The van der Waals surface area contributed by atoms with Crippen molar-refractivity contribution < 1.29 is 13.2 Å². The second kappa shape index (κ2) is 9.29. The number of sulfonamides is 1. The van der Waals surface area contributed by atoms with Crippen molar-refractivity contribution in [1.29, 1.82) is 0 Å². The summed E-state index contributed by atoms with van der Waals surface area (Å²) in [6.45, 7) is -0.134. The number of para-hydroxylation sites is 1. The molecule has 0 aliphatic rings. The highest BCUT2D eigenvalue weighted by molar-refractivity contribution is 7.89. The van der Waals surface area contributed by atoms with E-state index in [1.54, 1.807) is 36.4 Å². The molecule has 3 aromatic rings. The number of halogens is 1. The number of benzene rings is 2. The van der Waals surface area contributed by atoms with Crippen molar-refractivity contribution in [1.82, 2.24) is 9.13 Å². The number of anilines is 1. The van der Waals surface area contributed by atoms with Crippen LogP contribution in [-0.2, 0) is 34.3 Å². The maximum Gasteiger partial charge on any atom is 0.316 e. The van der Waals surface area contributed by atoms with Gasteiger partial charge in [-0.2, -0.15) is 0 Å². The van der Waals surface area contributed by atoms with Crippen LogP contribution >= 0.6 is 11.6 Å². The number of hydrogen-bond donors (Lipinski definition) is 2. The molecule has 0 unspecified atom stereocenters. The number of hydrogen-bond acceptors (Lipinski definition) is 5. The fourth-order valence-corrected chi connectivity index (χ4v) is 3.54. The maximum atomic E-state index is 12.4. The minimum Gasteiger partial charge on any atom is -0.323 e. The van der Waals surface area contributed by atoms with Crippen LogP contribution in [0.3, 0.4) is 0 Å². The molecule has 1 amide bonds. The third-order valence-corrected chi connectivity index (χ3v) is 5.75. The molecule has 0 atom stereocenters. The Morgan fingerprint density at radius 2 is 1.58 bits per heavy atom. The van der Waals surface area contributed by atoms with Gasteiger partial charge in [0.05, 0.1) is 15.6 Å². The van der Waals surface area contributed by atoms with Gasteiger partial charge < -0.3 is 9.88 Å². The Hall–Kier alpha value is -3.21. The fourth-order valence-electron chi connectivity index (χ4n) is 2.85. The van der Waals surface area contributed by atoms with Gasteiger partial charge in [-0.3, -0.25) is 19.0 Å². The van der Waals surface area contributed by atoms with Crippen LogP contribution in [0.2, 0.25) is 5.02 Å². The number of nitrogens with two attached hydrogens (primary N) is 1. The molecule has 0 aliphatic carbocycles. The smallest absolute Gasteiger partial charge is 0.316 e. The standard InChI is InChI=1S/C20H19ClN4O5S/c21-16-3-1-2-4-17(16)23-18(26)13-25-12-11-24(19(27)20(25)28)10-9-14-5-7-15(8-6-14)31(22,29)30/h1-8,11-12H,9-10,13H2,(H,23,26)(H2,22,29,30). The van der Waals surface area contributed by atoms with Crippen LogP contribution in [0.4, 0.5) is 5.69 Å². The summed E-state index contributed by atoms with van der Waals surface area (Å²) in [6.07, 6.45) is 3.17. The van der Waals surface area contributed by atoms with Crippen molar-refractivity contribution in [2.45, 2.75) is 24.4 Å². The van der Waals surface area contributed by atoms with Gasteiger partial charge in [0.15, 0.2) is 0 Å². The average molecular weight is 463 g/mol. The predicted octanol–water partition coefficient (Wildman–Crippen LogP) is 1.19. The summed E-state index contributed by atoms with van der Waals surface area (Å²) < 4.78 is 24.8. The first-order valence-electron chi connectivity index (χ1n) is 9.11. The van der Waals surface area contributed by atoms with Gasteiger partial charge in [0.25, 0.3) is 0 Å². The lowest BCUT2D eigenvalue weighted by Gasteiger charge is -2.10. The van der Waals surface area contributed by atoms with Gasteiger partial charge in [-0.15, -0.1) is 0 Å². The molecule has 0 radical (unpaired) electrons. The highest BCUT2D eigenvalue weighted by Crippen LogP contribution is 2.20. The molecule has 1 aromatic heterocycles. The van der Waals surface area contributed by atoms with Crippen LogP contribution in [0.1, 0.15) is 5.56 Å². The van der Waals surface area contributed by atoms with E-state index in [0.29, 0.717) is 17.1 Å². The second-order valence-electron chi connectivity index (χ2n) is 6.70. The number of nitrogens with one attached hydrogen (secondary N) is 1. The SMILES string of the molecule is NS(=O)(=O)c1ccc(CCn2ccn(CC(=O)Nc3ccccc3Cl)c(=O)c2=O)cc1. The first-order chi connectivity index (χ1) is 14.6. The van der Waals surface area contributed by atoms with Crippen LogP contribution in [0.25, 0.3) is 0 Å². The number of carbonyl (C=O) groups excluding carboxylic acids is 1. The molecule has 11 heteroatoms. The van der Waals surface area contributed by atoms with E-state index >= 15 is 0 Å². The molecule has 0 fully saturated rings. The number of nitrogens with zero attached hydrogens (tertiary/aromatic N) is 2. The third kappa shape index (κ3) is 5.69. The molecule has 162 valence electrons. The van der Waals surface area contributed by atoms with Gasteiger partial charge in [-0.1, -0.05) is 35.9 Å². The Morgan fingerprint density at radius 3 is 2.23 bits per heavy atom. The van der Waals surface area contributed by atoms with Crippen molar-refractivity contribution in [3.05, 3.63) is 92.2 Å². The molecule has 0 bridgehead atoms. The molecule has 1 heterocycles. The zero-order valence-electron chi connectivity index (χ0n) is 16.2. The van der Waals surface area contributed by atoms with E-state index in [2.05, 4.69) is 5.32 Å². The zero-order chi connectivity index (χ0) is 22.6. The molecule has 3 rings (SSSR count). The summed E-state index contributed by atoms with van der Waals surface area (Å²) in [5.41, 5.74) is -0.429. The number of aromatic nitrogens is 2. The summed E-state index contributed by atoms with van der Waals surface area (Å²) in [5.74, 6) is -0.498. The Labute approximate surface area is 182 Å². The topological polar surface area (TPSA) is 133 Å². The molecular weight excluding hydrogens is 444 g/mol. The fraction of sp³-hybridized carbons (Fsp3) is 0.150. The second-order valence-corrected chi connectivity index (χ2v) is 8.67. The normalized spacial score (nSPS) is 11.3. The van der Waals surface area contributed by atoms with Crippen LogP contribution in [0.15, 0.2) is 75.4 Å². The van der Waals surface area contributed by atoms with Gasteiger partial charge in [-0.25, -0.2) is 13.6 Å². The number of carbonyl (C=O) groups is 1.